The van der Waals surface area contributed by atoms with Crippen LogP contribution >= 0.6 is 0 Å². The van der Waals surface area contributed by atoms with Crippen LogP contribution in [0.15, 0.2) is 0 Å². The van der Waals surface area contributed by atoms with Crippen LogP contribution in [0.5, 0.6) is 0 Å². The molecule has 0 heterocycles. The standard InChI is InChI=1S/C6H16OSi/c1-4-6(2,3)5-7-8/h4-5H2,1-3,8H3. The fraction of sp³-hybridized carbons (Fsp3) is 1.00. The summed E-state index contributed by atoms with van der Waals surface area (Å²) < 4.78 is 5.14. The summed E-state index contributed by atoms with van der Waals surface area (Å²) in [6.45, 7) is 7.58. The molecule has 0 N–H and O–H groups in total. The van der Waals surface area contributed by atoms with E-state index in [0.717, 1.165) is 17.1 Å². The smallest absolute Gasteiger partial charge is 0.145 e. The molecule has 0 radical (unpaired) electrons. The first kappa shape index (κ1) is 8.18. The summed E-state index contributed by atoms with van der Waals surface area (Å²) in [5, 5.41) is 0. The van der Waals surface area contributed by atoms with Crippen molar-refractivity contribution < 1.29 is 4.43 Å². The van der Waals surface area contributed by atoms with E-state index in [2.05, 4.69) is 20.8 Å². The molecule has 8 heavy (non-hydrogen) atoms. The van der Waals surface area contributed by atoms with Gasteiger partial charge in [0.1, 0.15) is 10.5 Å². The van der Waals surface area contributed by atoms with Crippen molar-refractivity contribution in [3.63, 3.8) is 0 Å². The Hall–Kier alpha value is 0.177. The Balaban J connectivity index is 3.37. The summed E-state index contributed by atoms with van der Waals surface area (Å²) in [6.07, 6.45) is 1.20. The molecule has 0 aromatic rings. The van der Waals surface area contributed by atoms with Crippen molar-refractivity contribution in [2.75, 3.05) is 6.61 Å². The Morgan fingerprint density at radius 2 is 2.00 bits per heavy atom. The SMILES string of the molecule is CCC(C)(C)CO[SiH3]. The molecule has 0 bridgehead atoms. The van der Waals surface area contributed by atoms with E-state index in [9.17, 15) is 0 Å². The van der Waals surface area contributed by atoms with Gasteiger partial charge in [0.2, 0.25) is 0 Å². The quantitative estimate of drug-likeness (QED) is 0.514. The maximum atomic E-state index is 5.14. The first-order valence-electron chi connectivity index (χ1n) is 3.11. The highest BCUT2D eigenvalue weighted by Gasteiger charge is 2.12. The lowest BCUT2D eigenvalue weighted by Crippen LogP contribution is -2.16. The second-order valence-corrected chi connectivity index (χ2v) is 3.53. The van der Waals surface area contributed by atoms with Crippen LogP contribution in [0, 0.1) is 5.41 Å². The predicted octanol–water partition coefficient (Wildman–Crippen LogP) is 0.720. The summed E-state index contributed by atoms with van der Waals surface area (Å²) in [7, 11) is 0.874. The maximum Gasteiger partial charge on any atom is 0.145 e. The molecule has 0 aliphatic rings. The first-order valence-corrected chi connectivity index (χ1v) is 3.93. The lowest BCUT2D eigenvalue weighted by Gasteiger charge is -2.20. The van der Waals surface area contributed by atoms with E-state index in [1.807, 2.05) is 0 Å². The van der Waals surface area contributed by atoms with E-state index in [4.69, 9.17) is 4.43 Å². The lowest BCUT2D eigenvalue weighted by atomic mass is 9.92. The summed E-state index contributed by atoms with van der Waals surface area (Å²) in [5.41, 5.74) is 0.405. The number of rotatable bonds is 3. The normalized spacial score (nSPS) is 12.4. The molecule has 0 saturated carbocycles. The second kappa shape index (κ2) is 3.25. The van der Waals surface area contributed by atoms with Crippen LogP contribution < -0.4 is 0 Å². The van der Waals surface area contributed by atoms with Crippen LogP contribution in [0.1, 0.15) is 27.2 Å². The molecule has 0 fully saturated rings. The van der Waals surface area contributed by atoms with Crippen LogP contribution in [-0.2, 0) is 4.43 Å². The van der Waals surface area contributed by atoms with Crippen LogP contribution in [-0.4, -0.2) is 17.1 Å². The van der Waals surface area contributed by atoms with Crippen LogP contribution in [0.25, 0.3) is 0 Å². The molecule has 1 nitrogen and oxygen atoms in total. The molecule has 0 amide bonds. The first-order chi connectivity index (χ1) is 3.62. The van der Waals surface area contributed by atoms with Crippen LogP contribution in [0.2, 0.25) is 0 Å². The third kappa shape index (κ3) is 3.21. The van der Waals surface area contributed by atoms with E-state index < -0.39 is 0 Å². The van der Waals surface area contributed by atoms with Gasteiger partial charge in [0.05, 0.1) is 0 Å². The molecule has 50 valence electrons. The van der Waals surface area contributed by atoms with Crippen LogP contribution in [0.3, 0.4) is 0 Å². The van der Waals surface area contributed by atoms with Gasteiger partial charge in [-0.25, -0.2) is 0 Å². The Bertz CT molecular complexity index is 61.5. The number of hydrogen-bond donors (Lipinski definition) is 0. The Labute approximate surface area is 55.0 Å². The van der Waals surface area contributed by atoms with Gasteiger partial charge in [0.15, 0.2) is 0 Å². The van der Waals surface area contributed by atoms with Crippen molar-refractivity contribution in [1.82, 2.24) is 0 Å². The van der Waals surface area contributed by atoms with Crippen LogP contribution in [0.4, 0.5) is 0 Å². The molecule has 0 saturated heterocycles. The lowest BCUT2D eigenvalue weighted by molar-refractivity contribution is 0.188. The highest BCUT2D eigenvalue weighted by molar-refractivity contribution is 5.97. The zero-order chi connectivity index (χ0) is 6.62. The molecule has 0 rings (SSSR count). The third-order valence-corrected chi connectivity index (χ3v) is 1.78. The minimum absolute atomic E-state index is 0.405. The second-order valence-electron chi connectivity index (χ2n) is 2.95. The van der Waals surface area contributed by atoms with Gasteiger partial charge in [0, 0.05) is 6.61 Å². The predicted molar refractivity (Wildman–Crippen MR) is 40.0 cm³/mol. The minimum atomic E-state index is 0.405. The molecular formula is C6H16OSi. The Kier molecular flexibility index (Phi) is 3.32. The van der Waals surface area contributed by atoms with Crippen molar-refractivity contribution >= 4 is 10.5 Å². The molecule has 0 atom stereocenters. The fourth-order valence-electron chi connectivity index (χ4n) is 0.493. The van der Waals surface area contributed by atoms with Gasteiger partial charge in [-0.05, 0) is 11.8 Å². The number of hydrogen-bond acceptors (Lipinski definition) is 1. The van der Waals surface area contributed by atoms with E-state index >= 15 is 0 Å². The van der Waals surface area contributed by atoms with Crippen molar-refractivity contribution in [1.29, 1.82) is 0 Å². The summed E-state index contributed by atoms with van der Waals surface area (Å²) in [5.74, 6) is 0. The maximum absolute atomic E-state index is 5.14. The van der Waals surface area contributed by atoms with Crippen molar-refractivity contribution in [2.45, 2.75) is 27.2 Å². The molecule has 0 spiro atoms. The molecule has 0 aliphatic heterocycles. The molecular weight excluding hydrogens is 116 g/mol. The molecule has 2 heteroatoms. The molecule has 0 aromatic carbocycles. The zero-order valence-corrected chi connectivity index (χ0v) is 8.32. The van der Waals surface area contributed by atoms with E-state index in [0.29, 0.717) is 5.41 Å². The largest absolute Gasteiger partial charge is 0.427 e. The fourth-order valence-corrected chi connectivity index (χ4v) is 1.27. The van der Waals surface area contributed by atoms with Crippen molar-refractivity contribution in [3.8, 4) is 0 Å². The third-order valence-electron chi connectivity index (χ3n) is 1.49. The van der Waals surface area contributed by atoms with Gasteiger partial charge in [-0.15, -0.1) is 0 Å². The van der Waals surface area contributed by atoms with Gasteiger partial charge in [-0.1, -0.05) is 20.8 Å². The van der Waals surface area contributed by atoms with E-state index in [-0.39, 0.29) is 0 Å². The van der Waals surface area contributed by atoms with Gasteiger partial charge in [-0.2, -0.15) is 0 Å². The van der Waals surface area contributed by atoms with Gasteiger partial charge >= 0.3 is 0 Å². The van der Waals surface area contributed by atoms with E-state index in [1.54, 1.807) is 0 Å². The minimum Gasteiger partial charge on any atom is -0.427 e. The average Bonchev–Trinajstić information content (AvgIpc) is 1.67. The molecule has 0 aliphatic carbocycles. The Morgan fingerprint density at radius 3 is 2.12 bits per heavy atom. The van der Waals surface area contributed by atoms with Crippen molar-refractivity contribution in [3.05, 3.63) is 0 Å². The summed E-state index contributed by atoms with van der Waals surface area (Å²) >= 11 is 0. The van der Waals surface area contributed by atoms with E-state index in [1.165, 1.54) is 6.42 Å². The topological polar surface area (TPSA) is 9.23 Å². The molecule has 0 unspecified atom stereocenters. The van der Waals surface area contributed by atoms with Crippen molar-refractivity contribution in [2.24, 2.45) is 5.41 Å². The van der Waals surface area contributed by atoms with Gasteiger partial charge < -0.3 is 4.43 Å². The highest BCUT2D eigenvalue weighted by atomic mass is 28.2. The van der Waals surface area contributed by atoms with Gasteiger partial charge in [0.25, 0.3) is 0 Å². The summed E-state index contributed by atoms with van der Waals surface area (Å²) in [4.78, 5) is 0. The summed E-state index contributed by atoms with van der Waals surface area (Å²) in [6, 6.07) is 0. The Morgan fingerprint density at radius 1 is 1.50 bits per heavy atom. The highest BCUT2D eigenvalue weighted by Crippen LogP contribution is 2.18. The zero-order valence-electron chi connectivity index (χ0n) is 6.32. The monoisotopic (exact) mass is 132 g/mol. The van der Waals surface area contributed by atoms with Gasteiger partial charge in [-0.3, -0.25) is 0 Å². The average molecular weight is 132 g/mol. The molecule has 0 aromatic heterocycles.